The van der Waals surface area contributed by atoms with Crippen molar-refractivity contribution in [1.29, 1.82) is 0 Å². The number of carboxylic acid groups (broad SMARTS) is 1. The second kappa shape index (κ2) is 4.37. The summed E-state index contributed by atoms with van der Waals surface area (Å²) in [6.07, 6.45) is 1.19. The van der Waals surface area contributed by atoms with Gasteiger partial charge in [-0.2, -0.15) is 0 Å². The van der Waals surface area contributed by atoms with Crippen molar-refractivity contribution in [3.63, 3.8) is 0 Å². The number of rotatable bonds is 2. The molecule has 5 heteroatoms. The van der Waals surface area contributed by atoms with E-state index < -0.39 is 17.7 Å². The Morgan fingerprint density at radius 1 is 1.47 bits per heavy atom. The van der Waals surface area contributed by atoms with E-state index in [9.17, 15) is 14.0 Å². The van der Waals surface area contributed by atoms with E-state index in [0.29, 0.717) is 5.56 Å². The predicted molar refractivity (Wildman–Crippen MR) is 57.6 cm³/mol. The Hall–Kier alpha value is -2.17. The third-order valence-corrected chi connectivity index (χ3v) is 2.65. The molecular weight excluding hydrogens is 225 g/mol. The summed E-state index contributed by atoms with van der Waals surface area (Å²) in [5.41, 5.74) is 0.559. The second-order valence-electron chi connectivity index (χ2n) is 3.78. The number of carboxylic acids is 1. The van der Waals surface area contributed by atoms with Crippen LogP contribution in [-0.4, -0.2) is 17.0 Å². The first kappa shape index (κ1) is 11.3. The highest BCUT2D eigenvalue weighted by molar-refractivity contribution is 5.93. The van der Waals surface area contributed by atoms with Gasteiger partial charge in [-0.25, -0.2) is 9.18 Å². The Morgan fingerprint density at radius 3 is 2.88 bits per heavy atom. The van der Waals surface area contributed by atoms with Crippen molar-refractivity contribution in [2.45, 2.75) is 12.3 Å². The molecule has 0 aromatic heterocycles. The predicted octanol–water partition coefficient (Wildman–Crippen LogP) is 1.40. The summed E-state index contributed by atoms with van der Waals surface area (Å²) >= 11 is 0. The molecule has 2 N–H and O–H groups in total. The number of hydrogen-bond donors (Lipinski definition) is 2. The molecule has 0 saturated heterocycles. The lowest BCUT2D eigenvalue weighted by Gasteiger charge is -2.21. The van der Waals surface area contributed by atoms with Crippen LogP contribution in [0, 0.1) is 5.82 Å². The van der Waals surface area contributed by atoms with E-state index in [1.54, 1.807) is 6.07 Å². The van der Waals surface area contributed by atoms with Gasteiger partial charge < -0.3 is 10.4 Å². The summed E-state index contributed by atoms with van der Waals surface area (Å²) in [5, 5.41) is 11.4. The molecule has 1 aromatic carbocycles. The van der Waals surface area contributed by atoms with E-state index in [1.165, 1.54) is 24.4 Å². The average molecular weight is 235 g/mol. The molecule has 0 saturated carbocycles. The van der Waals surface area contributed by atoms with Crippen molar-refractivity contribution in [3.8, 4) is 0 Å². The van der Waals surface area contributed by atoms with Gasteiger partial charge in [-0.1, -0.05) is 12.1 Å². The Balaban J connectivity index is 2.41. The molecule has 4 nitrogen and oxygen atoms in total. The SMILES string of the molecule is O=C1CC(c2cccc(F)c2)C(C(=O)O)=CN1. The summed E-state index contributed by atoms with van der Waals surface area (Å²) in [5.74, 6) is -2.43. The molecule has 0 aliphatic carbocycles. The Kier molecular flexibility index (Phi) is 2.91. The smallest absolute Gasteiger partial charge is 0.333 e. The van der Waals surface area contributed by atoms with Crippen LogP contribution in [0.4, 0.5) is 4.39 Å². The molecule has 1 aliphatic heterocycles. The van der Waals surface area contributed by atoms with Crippen LogP contribution in [0.25, 0.3) is 0 Å². The maximum atomic E-state index is 13.1. The number of hydrogen-bond acceptors (Lipinski definition) is 2. The lowest BCUT2D eigenvalue weighted by molar-refractivity contribution is -0.133. The molecule has 0 spiro atoms. The van der Waals surface area contributed by atoms with Gasteiger partial charge in [-0.3, -0.25) is 4.79 Å². The summed E-state index contributed by atoms with van der Waals surface area (Å²) in [7, 11) is 0. The molecular formula is C12H10FNO3. The van der Waals surface area contributed by atoms with Crippen LogP contribution >= 0.6 is 0 Å². The van der Waals surface area contributed by atoms with Crippen LogP contribution in [0.2, 0.25) is 0 Å². The number of nitrogens with one attached hydrogen (secondary N) is 1. The number of amides is 1. The van der Waals surface area contributed by atoms with Crippen molar-refractivity contribution >= 4 is 11.9 Å². The van der Waals surface area contributed by atoms with E-state index in [2.05, 4.69) is 5.32 Å². The summed E-state index contributed by atoms with van der Waals surface area (Å²) in [6.45, 7) is 0. The summed E-state index contributed by atoms with van der Waals surface area (Å²) in [6, 6.07) is 5.64. The van der Waals surface area contributed by atoms with Crippen molar-refractivity contribution in [2.75, 3.05) is 0 Å². The Bertz CT molecular complexity index is 510. The van der Waals surface area contributed by atoms with Gasteiger partial charge in [0.1, 0.15) is 5.82 Å². The second-order valence-corrected chi connectivity index (χ2v) is 3.78. The first-order valence-corrected chi connectivity index (χ1v) is 5.06. The van der Waals surface area contributed by atoms with Crippen LogP contribution in [0.3, 0.4) is 0 Å². The monoisotopic (exact) mass is 235 g/mol. The minimum absolute atomic E-state index is 0.0155. The van der Waals surface area contributed by atoms with Crippen molar-refractivity contribution in [1.82, 2.24) is 5.32 Å². The third-order valence-electron chi connectivity index (χ3n) is 2.65. The fourth-order valence-corrected chi connectivity index (χ4v) is 1.84. The van der Waals surface area contributed by atoms with Crippen molar-refractivity contribution < 1.29 is 19.1 Å². The average Bonchev–Trinajstić information content (AvgIpc) is 2.28. The number of aliphatic carboxylic acids is 1. The summed E-state index contributed by atoms with van der Waals surface area (Å²) in [4.78, 5) is 22.3. The van der Waals surface area contributed by atoms with E-state index in [1.807, 2.05) is 0 Å². The van der Waals surface area contributed by atoms with Gasteiger partial charge in [0.25, 0.3) is 0 Å². The molecule has 2 rings (SSSR count). The maximum Gasteiger partial charge on any atom is 0.333 e. The molecule has 0 radical (unpaired) electrons. The third kappa shape index (κ3) is 2.33. The normalized spacial score (nSPS) is 19.5. The zero-order chi connectivity index (χ0) is 12.4. The van der Waals surface area contributed by atoms with Gasteiger partial charge in [-0.05, 0) is 17.7 Å². The largest absolute Gasteiger partial charge is 0.478 e. The van der Waals surface area contributed by atoms with Crippen LogP contribution in [0.15, 0.2) is 36.0 Å². The molecule has 1 unspecified atom stereocenters. The highest BCUT2D eigenvalue weighted by Crippen LogP contribution is 2.30. The van der Waals surface area contributed by atoms with E-state index in [4.69, 9.17) is 5.11 Å². The van der Waals surface area contributed by atoms with Crippen molar-refractivity contribution in [3.05, 3.63) is 47.4 Å². The maximum absolute atomic E-state index is 13.1. The standard InChI is InChI=1S/C12H10FNO3/c13-8-3-1-2-7(4-8)9-5-11(15)14-6-10(9)12(16)17/h1-4,6,9H,5H2,(H,14,15)(H,16,17). The number of carbonyl (C=O) groups is 2. The number of carbonyl (C=O) groups excluding carboxylic acids is 1. The quantitative estimate of drug-likeness (QED) is 0.814. The highest BCUT2D eigenvalue weighted by atomic mass is 19.1. The van der Waals surface area contributed by atoms with E-state index >= 15 is 0 Å². The van der Waals surface area contributed by atoms with Gasteiger partial charge in [-0.15, -0.1) is 0 Å². The van der Waals surface area contributed by atoms with Crippen LogP contribution in [0.5, 0.6) is 0 Å². The number of benzene rings is 1. The first-order chi connectivity index (χ1) is 8.08. The Labute approximate surface area is 96.8 Å². The molecule has 1 atom stereocenters. The van der Waals surface area contributed by atoms with Gasteiger partial charge in [0, 0.05) is 18.5 Å². The van der Waals surface area contributed by atoms with Crippen LogP contribution < -0.4 is 5.32 Å². The van der Waals surface area contributed by atoms with Crippen LogP contribution in [-0.2, 0) is 9.59 Å². The molecule has 1 amide bonds. The molecule has 1 aliphatic rings. The van der Waals surface area contributed by atoms with Gasteiger partial charge >= 0.3 is 5.97 Å². The van der Waals surface area contributed by atoms with Gasteiger partial charge in [0.2, 0.25) is 5.91 Å². The van der Waals surface area contributed by atoms with E-state index in [0.717, 1.165) is 0 Å². The topological polar surface area (TPSA) is 66.4 Å². The van der Waals surface area contributed by atoms with E-state index in [-0.39, 0.29) is 17.9 Å². The molecule has 17 heavy (non-hydrogen) atoms. The molecule has 0 fully saturated rings. The lowest BCUT2D eigenvalue weighted by atomic mass is 9.86. The molecule has 1 aromatic rings. The Morgan fingerprint density at radius 2 is 2.24 bits per heavy atom. The van der Waals surface area contributed by atoms with Crippen molar-refractivity contribution in [2.24, 2.45) is 0 Å². The minimum atomic E-state index is -1.11. The zero-order valence-electron chi connectivity index (χ0n) is 8.81. The lowest BCUT2D eigenvalue weighted by Crippen LogP contribution is -2.29. The highest BCUT2D eigenvalue weighted by Gasteiger charge is 2.28. The van der Waals surface area contributed by atoms with Gasteiger partial charge in [0.15, 0.2) is 0 Å². The number of halogens is 1. The fraction of sp³-hybridized carbons (Fsp3) is 0.167. The molecule has 1 heterocycles. The molecule has 0 bridgehead atoms. The zero-order valence-corrected chi connectivity index (χ0v) is 8.81. The first-order valence-electron chi connectivity index (χ1n) is 5.06. The summed E-state index contributed by atoms with van der Waals surface area (Å²) < 4.78 is 13.1. The van der Waals surface area contributed by atoms with Gasteiger partial charge in [0.05, 0.1) is 5.57 Å². The van der Waals surface area contributed by atoms with Crippen LogP contribution in [0.1, 0.15) is 17.9 Å². The minimum Gasteiger partial charge on any atom is -0.478 e. The molecule has 88 valence electrons. The fourth-order valence-electron chi connectivity index (χ4n) is 1.84.